The number of aliphatic hydroxyl groups is 1. The molecule has 1 aromatic heterocycles. The Labute approximate surface area is 92.4 Å². The summed E-state index contributed by atoms with van der Waals surface area (Å²) in [6.45, 7) is 3.33. The van der Waals surface area contributed by atoms with Crippen molar-refractivity contribution in [3.05, 3.63) is 29.2 Å². The van der Waals surface area contributed by atoms with E-state index in [4.69, 9.17) is 9.63 Å². The Morgan fingerprint density at radius 1 is 1.25 bits per heavy atom. The Morgan fingerprint density at radius 2 is 1.88 bits per heavy atom. The van der Waals surface area contributed by atoms with Gasteiger partial charge in [0, 0.05) is 5.56 Å². The summed E-state index contributed by atoms with van der Waals surface area (Å²) in [6.07, 6.45) is 0. The maximum atomic E-state index is 9.62. The molecule has 16 heavy (non-hydrogen) atoms. The van der Waals surface area contributed by atoms with E-state index in [1.807, 2.05) is 0 Å². The van der Waals surface area contributed by atoms with Gasteiger partial charge in [-0.1, -0.05) is 5.16 Å². The minimum absolute atomic E-state index is 0.179. The van der Waals surface area contributed by atoms with Crippen molar-refractivity contribution < 1.29 is 14.7 Å². The van der Waals surface area contributed by atoms with Gasteiger partial charge in [-0.25, -0.2) is 0 Å². The largest absolute Gasteiger partial charge is 0.507 e. The maximum absolute atomic E-state index is 9.62. The van der Waals surface area contributed by atoms with E-state index in [-0.39, 0.29) is 18.2 Å². The molecule has 0 amide bonds. The molecular weight excluding hydrogens is 208 g/mol. The predicted molar refractivity (Wildman–Crippen MR) is 56.8 cm³/mol. The number of aryl methyl sites for hydroxylation is 2. The van der Waals surface area contributed by atoms with E-state index < -0.39 is 0 Å². The lowest BCUT2D eigenvalue weighted by atomic mass is 10.1. The van der Waals surface area contributed by atoms with Crippen LogP contribution in [0, 0.1) is 13.8 Å². The van der Waals surface area contributed by atoms with E-state index in [0.29, 0.717) is 5.82 Å². The van der Waals surface area contributed by atoms with E-state index in [0.717, 1.165) is 16.7 Å². The van der Waals surface area contributed by atoms with Crippen molar-refractivity contribution in [2.45, 2.75) is 20.5 Å². The van der Waals surface area contributed by atoms with Crippen molar-refractivity contribution in [1.29, 1.82) is 0 Å². The number of hydrogen-bond donors (Lipinski definition) is 2. The zero-order valence-corrected chi connectivity index (χ0v) is 9.06. The van der Waals surface area contributed by atoms with Crippen molar-refractivity contribution >= 4 is 0 Å². The zero-order valence-electron chi connectivity index (χ0n) is 9.06. The summed E-state index contributed by atoms with van der Waals surface area (Å²) in [7, 11) is 0. The standard InChI is InChI=1S/C11H12N2O3/c1-6-3-8(4-7(2)10(6)15)11-12-9(5-14)16-13-11/h3-4,14-15H,5H2,1-2H3. The molecule has 2 rings (SSSR count). The smallest absolute Gasteiger partial charge is 0.252 e. The van der Waals surface area contributed by atoms with E-state index in [1.54, 1.807) is 26.0 Å². The zero-order chi connectivity index (χ0) is 11.7. The summed E-state index contributed by atoms with van der Waals surface area (Å²) in [5.41, 5.74) is 2.27. The molecule has 0 fully saturated rings. The molecule has 1 aromatic carbocycles. The number of benzene rings is 1. The SMILES string of the molecule is Cc1cc(-c2noc(CO)n2)cc(C)c1O. The molecule has 0 spiro atoms. The molecule has 2 N–H and O–H groups in total. The average molecular weight is 220 g/mol. The van der Waals surface area contributed by atoms with Crippen LogP contribution in [0.2, 0.25) is 0 Å². The summed E-state index contributed by atoms with van der Waals surface area (Å²) in [5, 5.41) is 22.2. The van der Waals surface area contributed by atoms with Gasteiger partial charge in [0.15, 0.2) is 0 Å². The predicted octanol–water partition coefficient (Wildman–Crippen LogP) is 1.55. The number of aromatic nitrogens is 2. The second-order valence-corrected chi connectivity index (χ2v) is 3.63. The Morgan fingerprint density at radius 3 is 2.38 bits per heavy atom. The minimum Gasteiger partial charge on any atom is -0.507 e. The summed E-state index contributed by atoms with van der Waals surface area (Å²) < 4.78 is 4.80. The van der Waals surface area contributed by atoms with Crippen LogP contribution in [0.15, 0.2) is 16.7 Å². The summed E-state index contributed by atoms with van der Waals surface area (Å²) in [6, 6.07) is 3.54. The van der Waals surface area contributed by atoms with Crippen LogP contribution in [-0.4, -0.2) is 20.4 Å². The van der Waals surface area contributed by atoms with Gasteiger partial charge < -0.3 is 14.7 Å². The lowest BCUT2D eigenvalue weighted by Crippen LogP contribution is -1.87. The number of phenols is 1. The van der Waals surface area contributed by atoms with Crippen molar-refractivity contribution in [2.24, 2.45) is 0 Å². The fourth-order valence-corrected chi connectivity index (χ4v) is 1.52. The molecule has 0 aliphatic heterocycles. The highest BCUT2D eigenvalue weighted by atomic mass is 16.5. The van der Waals surface area contributed by atoms with Gasteiger partial charge in [-0.2, -0.15) is 4.98 Å². The summed E-state index contributed by atoms with van der Waals surface area (Å²) >= 11 is 0. The third-order valence-corrected chi connectivity index (χ3v) is 2.35. The van der Waals surface area contributed by atoms with E-state index in [1.165, 1.54) is 0 Å². The highest BCUT2D eigenvalue weighted by Gasteiger charge is 2.10. The first-order valence-electron chi connectivity index (χ1n) is 4.86. The molecule has 1 heterocycles. The number of aliphatic hydroxyl groups excluding tert-OH is 1. The lowest BCUT2D eigenvalue weighted by Gasteiger charge is -2.04. The van der Waals surface area contributed by atoms with Gasteiger partial charge in [0.05, 0.1) is 0 Å². The third kappa shape index (κ3) is 1.77. The molecule has 0 bridgehead atoms. The van der Waals surface area contributed by atoms with Crippen molar-refractivity contribution in [1.82, 2.24) is 10.1 Å². The normalized spacial score (nSPS) is 10.7. The van der Waals surface area contributed by atoms with Gasteiger partial charge in [0.1, 0.15) is 12.4 Å². The van der Waals surface area contributed by atoms with Gasteiger partial charge in [-0.15, -0.1) is 0 Å². The van der Waals surface area contributed by atoms with Crippen molar-refractivity contribution in [2.75, 3.05) is 0 Å². The Hall–Kier alpha value is -1.88. The molecule has 0 radical (unpaired) electrons. The van der Waals surface area contributed by atoms with E-state index >= 15 is 0 Å². The van der Waals surface area contributed by atoms with Gasteiger partial charge in [-0.3, -0.25) is 0 Å². The third-order valence-electron chi connectivity index (χ3n) is 2.35. The molecule has 0 saturated heterocycles. The van der Waals surface area contributed by atoms with Crippen LogP contribution >= 0.6 is 0 Å². The van der Waals surface area contributed by atoms with Gasteiger partial charge in [-0.05, 0) is 37.1 Å². The number of phenolic OH excluding ortho intramolecular Hbond substituents is 1. The van der Waals surface area contributed by atoms with Crippen LogP contribution in [0.25, 0.3) is 11.4 Å². The second-order valence-electron chi connectivity index (χ2n) is 3.63. The van der Waals surface area contributed by atoms with Gasteiger partial charge >= 0.3 is 0 Å². The summed E-state index contributed by atoms with van der Waals surface area (Å²) in [4.78, 5) is 4.00. The highest BCUT2D eigenvalue weighted by Crippen LogP contribution is 2.27. The monoisotopic (exact) mass is 220 g/mol. The molecule has 5 nitrogen and oxygen atoms in total. The fourth-order valence-electron chi connectivity index (χ4n) is 1.52. The summed E-state index contributed by atoms with van der Waals surface area (Å²) in [5.74, 6) is 0.864. The number of hydrogen-bond acceptors (Lipinski definition) is 5. The van der Waals surface area contributed by atoms with Crippen molar-refractivity contribution in [3.63, 3.8) is 0 Å². The number of rotatable bonds is 2. The van der Waals surface area contributed by atoms with Crippen LogP contribution in [0.1, 0.15) is 17.0 Å². The van der Waals surface area contributed by atoms with E-state index in [2.05, 4.69) is 10.1 Å². The Bertz CT molecular complexity index is 497. The average Bonchev–Trinajstić information content (AvgIpc) is 2.73. The topological polar surface area (TPSA) is 79.4 Å². The molecule has 84 valence electrons. The second kappa shape index (κ2) is 3.94. The minimum atomic E-state index is -0.275. The first-order chi connectivity index (χ1) is 7.61. The van der Waals surface area contributed by atoms with Crippen LogP contribution in [0.5, 0.6) is 5.75 Å². The van der Waals surface area contributed by atoms with Gasteiger partial charge in [0.2, 0.25) is 5.82 Å². The van der Waals surface area contributed by atoms with Crippen molar-refractivity contribution in [3.8, 4) is 17.1 Å². The first kappa shape index (κ1) is 10.6. The Kier molecular flexibility index (Phi) is 2.62. The molecule has 0 aliphatic rings. The molecule has 5 heteroatoms. The molecule has 0 unspecified atom stereocenters. The highest BCUT2D eigenvalue weighted by molar-refractivity contribution is 5.60. The molecule has 2 aromatic rings. The number of aromatic hydroxyl groups is 1. The molecule has 0 atom stereocenters. The molecule has 0 aliphatic carbocycles. The van der Waals surface area contributed by atoms with E-state index in [9.17, 15) is 5.11 Å². The quantitative estimate of drug-likeness (QED) is 0.802. The fraction of sp³-hybridized carbons (Fsp3) is 0.273. The lowest BCUT2D eigenvalue weighted by molar-refractivity contribution is 0.222. The first-order valence-corrected chi connectivity index (χ1v) is 4.86. The molecule has 0 saturated carbocycles. The van der Waals surface area contributed by atoms with Crippen LogP contribution in [0.4, 0.5) is 0 Å². The maximum Gasteiger partial charge on any atom is 0.252 e. The van der Waals surface area contributed by atoms with Crippen LogP contribution in [0.3, 0.4) is 0 Å². The number of nitrogens with zero attached hydrogens (tertiary/aromatic N) is 2. The Balaban J connectivity index is 2.48. The van der Waals surface area contributed by atoms with Gasteiger partial charge in [0.25, 0.3) is 5.89 Å². The van der Waals surface area contributed by atoms with Crippen LogP contribution < -0.4 is 0 Å². The molecular formula is C11H12N2O3. The van der Waals surface area contributed by atoms with Crippen LogP contribution in [-0.2, 0) is 6.61 Å².